The molecule has 0 radical (unpaired) electrons. The molecule has 2 N–H and O–H groups in total. The van der Waals surface area contributed by atoms with Crippen LogP contribution in [0.25, 0.3) is 0 Å². The average Bonchev–Trinajstić information content (AvgIpc) is 2.79. The highest BCUT2D eigenvalue weighted by Crippen LogP contribution is 2.38. The molecule has 0 spiro atoms. The van der Waals surface area contributed by atoms with Gasteiger partial charge in [-0.15, -0.1) is 0 Å². The second-order valence-electron chi connectivity index (χ2n) is 6.73. The van der Waals surface area contributed by atoms with Crippen LogP contribution in [0, 0.1) is 5.82 Å². The van der Waals surface area contributed by atoms with E-state index in [1.165, 1.54) is 6.07 Å². The lowest BCUT2D eigenvalue weighted by atomic mass is 10.1. The summed E-state index contributed by atoms with van der Waals surface area (Å²) in [6, 6.07) is 13.9. The third kappa shape index (κ3) is 5.94. The topological polar surface area (TPSA) is 76.7 Å². The van der Waals surface area contributed by atoms with Crippen LogP contribution in [0.15, 0.2) is 54.6 Å². The molecule has 3 aromatic carbocycles. The molecular formula is C24H21Cl2FN2O4. The van der Waals surface area contributed by atoms with Crippen molar-refractivity contribution >= 4 is 46.4 Å². The van der Waals surface area contributed by atoms with E-state index < -0.39 is 11.7 Å². The largest absolute Gasteiger partial charge is 0.492 e. The van der Waals surface area contributed by atoms with E-state index in [1.54, 1.807) is 44.2 Å². The molecule has 0 aliphatic carbocycles. The van der Waals surface area contributed by atoms with Crippen LogP contribution >= 0.6 is 23.2 Å². The SMILES string of the molecule is CCOc1cc(NC(=O)c2cc(F)c(Cl)cc2Cl)c(OCC)cc1NC(=O)c1ccccc1. The lowest BCUT2D eigenvalue weighted by Crippen LogP contribution is -2.16. The van der Waals surface area contributed by atoms with Crippen molar-refractivity contribution in [3.8, 4) is 11.5 Å². The number of halogens is 3. The van der Waals surface area contributed by atoms with Crippen LogP contribution in [-0.2, 0) is 0 Å². The fraction of sp³-hybridized carbons (Fsp3) is 0.167. The third-order valence-corrected chi connectivity index (χ3v) is 5.07. The normalized spacial score (nSPS) is 10.5. The molecule has 0 unspecified atom stereocenters. The number of hydrogen-bond donors (Lipinski definition) is 2. The Kier molecular flexibility index (Phi) is 8.14. The summed E-state index contributed by atoms with van der Waals surface area (Å²) in [5.74, 6) is -1.18. The lowest BCUT2D eigenvalue weighted by Gasteiger charge is -2.18. The van der Waals surface area contributed by atoms with Crippen molar-refractivity contribution in [1.82, 2.24) is 0 Å². The maximum Gasteiger partial charge on any atom is 0.257 e. The number of carbonyl (C=O) groups excluding carboxylic acids is 2. The maximum absolute atomic E-state index is 13.9. The van der Waals surface area contributed by atoms with Crippen molar-refractivity contribution in [2.45, 2.75) is 13.8 Å². The molecule has 6 nitrogen and oxygen atoms in total. The first-order valence-electron chi connectivity index (χ1n) is 10.1. The first-order chi connectivity index (χ1) is 15.8. The summed E-state index contributed by atoms with van der Waals surface area (Å²) in [6.45, 7) is 4.16. The molecular weight excluding hydrogens is 470 g/mol. The smallest absolute Gasteiger partial charge is 0.257 e. The summed E-state index contributed by atoms with van der Waals surface area (Å²) in [5.41, 5.74) is 0.993. The second kappa shape index (κ2) is 11.0. The monoisotopic (exact) mass is 490 g/mol. The minimum absolute atomic E-state index is 0.00589. The molecule has 0 heterocycles. The van der Waals surface area contributed by atoms with E-state index >= 15 is 0 Å². The van der Waals surface area contributed by atoms with Crippen molar-refractivity contribution in [2.24, 2.45) is 0 Å². The molecule has 9 heteroatoms. The van der Waals surface area contributed by atoms with Crippen LogP contribution < -0.4 is 20.1 Å². The van der Waals surface area contributed by atoms with Gasteiger partial charge in [0.1, 0.15) is 17.3 Å². The van der Waals surface area contributed by atoms with E-state index in [2.05, 4.69) is 10.6 Å². The van der Waals surface area contributed by atoms with Gasteiger partial charge in [-0.1, -0.05) is 41.4 Å². The van der Waals surface area contributed by atoms with Crippen LogP contribution in [0.1, 0.15) is 34.6 Å². The Labute approximate surface area is 200 Å². The zero-order valence-corrected chi connectivity index (χ0v) is 19.4. The van der Waals surface area contributed by atoms with Gasteiger partial charge in [0.15, 0.2) is 0 Å². The summed E-state index contributed by atoms with van der Waals surface area (Å²) < 4.78 is 25.2. The van der Waals surface area contributed by atoms with E-state index in [4.69, 9.17) is 32.7 Å². The first kappa shape index (κ1) is 24.4. The van der Waals surface area contributed by atoms with Crippen molar-refractivity contribution < 1.29 is 23.5 Å². The summed E-state index contributed by atoms with van der Waals surface area (Å²) in [6.07, 6.45) is 0. The number of benzene rings is 3. The van der Waals surface area contributed by atoms with Gasteiger partial charge in [0.05, 0.1) is 40.2 Å². The molecule has 172 valence electrons. The maximum atomic E-state index is 13.9. The van der Waals surface area contributed by atoms with Crippen molar-refractivity contribution in [3.63, 3.8) is 0 Å². The van der Waals surface area contributed by atoms with E-state index in [9.17, 15) is 14.0 Å². The van der Waals surface area contributed by atoms with Gasteiger partial charge in [-0.25, -0.2) is 4.39 Å². The molecule has 3 aromatic rings. The van der Waals surface area contributed by atoms with Gasteiger partial charge in [0, 0.05) is 17.7 Å². The average molecular weight is 491 g/mol. The van der Waals surface area contributed by atoms with Gasteiger partial charge in [-0.05, 0) is 38.1 Å². The quantitative estimate of drug-likeness (QED) is 0.356. The highest BCUT2D eigenvalue weighted by atomic mass is 35.5. The molecule has 0 aliphatic rings. The Bertz CT molecular complexity index is 1170. The molecule has 33 heavy (non-hydrogen) atoms. The standard InChI is InChI=1S/C24H21Cl2FN2O4/c1-3-32-21-13-20(29-24(31)15-10-18(27)17(26)11-16(15)25)22(33-4-2)12-19(21)28-23(30)14-8-6-5-7-9-14/h5-13H,3-4H2,1-2H3,(H,28,30)(H,29,31). The number of ether oxygens (including phenoxy) is 2. The minimum Gasteiger partial charge on any atom is -0.492 e. The van der Waals surface area contributed by atoms with Crippen LogP contribution in [0.2, 0.25) is 10.0 Å². The first-order valence-corrected chi connectivity index (χ1v) is 10.9. The summed E-state index contributed by atoms with van der Waals surface area (Å²) in [4.78, 5) is 25.4. The van der Waals surface area contributed by atoms with Crippen LogP contribution in [0.3, 0.4) is 0 Å². The number of hydrogen-bond acceptors (Lipinski definition) is 4. The highest BCUT2D eigenvalue weighted by Gasteiger charge is 2.19. The minimum atomic E-state index is -0.773. The summed E-state index contributed by atoms with van der Waals surface area (Å²) in [7, 11) is 0. The molecule has 2 amide bonds. The van der Waals surface area contributed by atoms with E-state index in [1.807, 2.05) is 6.07 Å². The zero-order valence-electron chi connectivity index (χ0n) is 17.9. The molecule has 3 rings (SSSR count). The summed E-state index contributed by atoms with van der Waals surface area (Å²) >= 11 is 11.8. The highest BCUT2D eigenvalue weighted by molar-refractivity contribution is 6.37. The fourth-order valence-electron chi connectivity index (χ4n) is 2.98. The van der Waals surface area contributed by atoms with Crippen molar-refractivity contribution in [1.29, 1.82) is 0 Å². The molecule has 0 aliphatic heterocycles. The van der Waals surface area contributed by atoms with E-state index in [0.29, 0.717) is 30.2 Å². The molecule has 0 fully saturated rings. The molecule has 0 saturated carbocycles. The van der Waals surface area contributed by atoms with Crippen LogP contribution in [0.4, 0.5) is 15.8 Å². The predicted molar refractivity (Wildman–Crippen MR) is 128 cm³/mol. The Morgan fingerprint density at radius 2 is 1.36 bits per heavy atom. The van der Waals surface area contributed by atoms with E-state index in [0.717, 1.165) is 12.1 Å². The Balaban J connectivity index is 1.96. The Hall–Kier alpha value is -3.29. The van der Waals surface area contributed by atoms with Gasteiger partial charge in [0.25, 0.3) is 11.8 Å². The molecule has 0 saturated heterocycles. The summed E-state index contributed by atoms with van der Waals surface area (Å²) in [5, 5.41) is 5.27. The number of rotatable bonds is 8. The fourth-order valence-corrected chi connectivity index (χ4v) is 3.44. The third-order valence-electron chi connectivity index (χ3n) is 4.47. The van der Waals surface area contributed by atoms with Gasteiger partial charge >= 0.3 is 0 Å². The van der Waals surface area contributed by atoms with Gasteiger partial charge in [-0.2, -0.15) is 0 Å². The Morgan fingerprint density at radius 1 is 0.818 bits per heavy atom. The predicted octanol–water partition coefficient (Wildman–Crippen LogP) is 6.43. The number of nitrogens with one attached hydrogen (secondary N) is 2. The second-order valence-corrected chi connectivity index (χ2v) is 7.55. The van der Waals surface area contributed by atoms with Crippen molar-refractivity contribution in [3.05, 3.63) is 81.6 Å². The van der Waals surface area contributed by atoms with Crippen molar-refractivity contribution in [2.75, 3.05) is 23.8 Å². The molecule has 0 atom stereocenters. The van der Waals surface area contributed by atoms with Crippen LogP contribution in [-0.4, -0.2) is 25.0 Å². The van der Waals surface area contributed by atoms with Gasteiger partial charge in [0.2, 0.25) is 0 Å². The Morgan fingerprint density at radius 3 is 1.91 bits per heavy atom. The number of anilines is 2. The van der Waals surface area contributed by atoms with Crippen LogP contribution in [0.5, 0.6) is 11.5 Å². The lowest BCUT2D eigenvalue weighted by molar-refractivity contribution is 0.101. The molecule has 0 bridgehead atoms. The van der Waals surface area contributed by atoms with Gasteiger partial charge in [-0.3, -0.25) is 9.59 Å². The van der Waals surface area contributed by atoms with Gasteiger partial charge < -0.3 is 20.1 Å². The zero-order chi connectivity index (χ0) is 24.0. The number of amides is 2. The molecule has 0 aromatic heterocycles. The van der Waals surface area contributed by atoms with E-state index in [-0.39, 0.29) is 33.0 Å². The number of carbonyl (C=O) groups is 2.